The van der Waals surface area contributed by atoms with Gasteiger partial charge in [0, 0.05) is 12.6 Å². The number of imide groups is 1. The highest BCUT2D eigenvalue weighted by molar-refractivity contribution is 6.05. The number of nitrogens with zero attached hydrogens (tertiary/aromatic N) is 1. The Morgan fingerprint density at radius 1 is 1.16 bits per heavy atom. The molecule has 1 saturated carbocycles. The maximum atomic E-state index is 12.4. The van der Waals surface area contributed by atoms with Gasteiger partial charge in [0.25, 0.3) is 0 Å². The quantitative estimate of drug-likeness (QED) is 0.767. The van der Waals surface area contributed by atoms with Gasteiger partial charge in [-0.3, -0.25) is 14.5 Å². The Labute approximate surface area is 114 Å². The molecule has 4 unspecified atom stereocenters. The number of nitrogens with one attached hydrogen (secondary N) is 1. The third-order valence-corrected chi connectivity index (χ3v) is 5.27. The maximum Gasteiger partial charge on any atom is 0.233 e. The zero-order valence-electron chi connectivity index (χ0n) is 11.9. The molecule has 4 atom stereocenters. The van der Waals surface area contributed by atoms with Gasteiger partial charge in [0.2, 0.25) is 11.8 Å². The molecule has 2 amide bonds. The molecular formula is C15H24N2O2. The molecule has 19 heavy (non-hydrogen) atoms. The first-order valence-electron chi connectivity index (χ1n) is 7.66. The van der Waals surface area contributed by atoms with E-state index in [1.807, 2.05) is 0 Å². The first kappa shape index (κ1) is 13.1. The average Bonchev–Trinajstić information content (AvgIpc) is 2.86. The predicted octanol–water partition coefficient (Wildman–Crippen LogP) is 1.41. The summed E-state index contributed by atoms with van der Waals surface area (Å²) in [6.07, 6.45) is 4.19. The van der Waals surface area contributed by atoms with Gasteiger partial charge >= 0.3 is 0 Å². The number of amides is 2. The van der Waals surface area contributed by atoms with Crippen molar-refractivity contribution in [3.8, 4) is 0 Å². The van der Waals surface area contributed by atoms with Crippen molar-refractivity contribution in [3.63, 3.8) is 0 Å². The summed E-state index contributed by atoms with van der Waals surface area (Å²) in [6.45, 7) is 5.95. The van der Waals surface area contributed by atoms with Crippen LogP contribution < -0.4 is 5.32 Å². The second kappa shape index (κ2) is 4.89. The molecule has 0 aromatic heterocycles. The molecule has 0 radical (unpaired) electrons. The van der Waals surface area contributed by atoms with Crippen molar-refractivity contribution in [3.05, 3.63) is 0 Å². The third-order valence-electron chi connectivity index (χ3n) is 5.27. The number of hydrogen-bond acceptors (Lipinski definition) is 3. The van der Waals surface area contributed by atoms with Crippen LogP contribution in [0.3, 0.4) is 0 Å². The van der Waals surface area contributed by atoms with Crippen molar-refractivity contribution < 1.29 is 9.59 Å². The second-order valence-electron chi connectivity index (χ2n) is 6.76. The third kappa shape index (κ3) is 2.20. The normalized spacial score (nSPS) is 42.8. The lowest BCUT2D eigenvalue weighted by Crippen LogP contribution is -2.49. The van der Waals surface area contributed by atoms with Gasteiger partial charge in [-0.1, -0.05) is 13.8 Å². The molecule has 0 aromatic carbocycles. The number of fused-ring (bicyclic) bond motifs is 1. The van der Waals surface area contributed by atoms with Crippen LogP contribution in [0.2, 0.25) is 0 Å². The Balaban J connectivity index is 1.69. The number of hydrogen-bond donors (Lipinski definition) is 1. The molecule has 3 aliphatic rings. The van der Waals surface area contributed by atoms with Crippen LogP contribution in [-0.4, -0.2) is 35.8 Å². The SMILES string of the molecule is CC1CC2C(=O)N(CC3NCCCC3C)C(=O)C2C1. The molecule has 0 spiro atoms. The summed E-state index contributed by atoms with van der Waals surface area (Å²) in [6, 6.07) is 0.290. The van der Waals surface area contributed by atoms with Crippen molar-refractivity contribution >= 4 is 11.8 Å². The molecule has 2 heterocycles. The predicted molar refractivity (Wildman–Crippen MR) is 72.3 cm³/mol. The molecule has 1 N–H and O–H groups in total. The average molecular weight is 264 g/mol. The van der Waals surface area contributed by atoms with Crippen LogP contribution in [0.15, 0.2) is 0 Å². The molecule has 4 heteroatoms. The zero-order chi connectivity index (χ0) is 13.6. The van der Waals surface area contributed by atoms with Gasteiger partial charge in [0.15, 0.2) is 0 Å². The molecule has 1 aliphatic carbocycles. The van der Waals surface area contributed by atoms with Crippen LogP contribution in [0.4, 0.5) is 0 Å². The van der Waals surface area contributed by atoms with E-state index in [1.54, 1.807) is 4.90 Å². The number of piperidine rings is 1. The van der Waals surface area contributed by atoms with Crippen LogP contribution in [0.5, 0.6) is 0 Å². The highest BCUT2D eigenvalue weighted by Gasteiger charge is 2.52. The standard InChI is InChI=1S/C15H24N2O2/c1-9-6-11-12(7-9)15(19)17(14(11)18)8-13-10(2)4-3-5-16-13/h9-13,16H,3-8H2,1-2H3. The number of carbonyl (C=O) groups excluding carboxylic acids is 2. The molecular weight excluding hydrogens is 240 g/mol. The van der Waals surface area contributed by atoms with Crippen LogP contribution >= 0.6 is 0 Å². The molecule has 2 aliphatic heterocycles. The summed E-state index contributed by atoms with van der Waals surface area (Å²) in [5.74, 6) is 1.24. The van der Waals surface area contributed by atoms with Crippen molar-refractivity contribution in [2.75, 3.05) is 13.1 Å². The van der Waals surface area contributed by atoms with E-state index in [4.69, 9.17) is 0 Å². The fourth-order valence-electron chi connectivity index (χ4n) is 4.08. The van der Waals surface area contributed by atoms with Crippen molar-refractivity contribution in [2.24, 2.45) is 23.7 Å². The lowest BCUT2D eigenvalue weighted by Gasteiger charge is -2.32. The topological polar surface area (TPSA) is 49.4 Å². The Kier molecular flexibility index (Phi) is 3.37. The number of rotatable bonds is 2. The van der Waals surface area contributed by atoms with Gasteiger partial charge in [-0.2, -0.15) is 0 Å². The number of carbonyl (C=O) groups is 2. The van der Waals surface area contributed by atoms with E-state index >= 15 is 0 Å². The first-order valence-corrected chi connectivity index (χ1v) is 7.66. The summed E-state index contributed by atoms with van der Waals surface area (Å²) in [7, 11) is 0. The summed E-state index contributed by atoms with van der Waals surface area (Å²) >= 11 is 0. The number of likely N-dealkylation sites (tertiary alicyclic amines) is 1. The highest BCUT2D eigenvalue weighted by atomic mass is 16.2. The van der Waals surface area contributed by atoms with Crippen LogP contribution in [0.1, 0.15) is 39.5 Å². The summed E-state index contributed by atoms with van der Waals surface area (Å²) in [4.78, 5) is 26.4. The van der Waals surface area contributed by atoms with E-state index in [9.17, 15) is 9.59 Å². The van der Waals surface area contributed by atoms with Gasteiger partial charge in [-0.25, -0.2) is 0 Å². The molecule has 4 nitrogen and oxygen atoms in total. The van der Waals surface area contributed by atoms with Gasteiger partial charge in [-0.05, 0) is 44.1 Å². The van der Waals surface area contributed by atoms with Crippen molar-refractivity contribution in [1.29, 1.82) is 0 Å². The lowest BCUT2D eigenvalue weighted by atomic mass is 9.92. The van der Waals surface area contributed by atoms with Crippen LogP contribution in [0, 0.1) is 23.7 Å². The lowest BCUT2D eigenvalue weighted by molar-refractivity contribution is -0.141. The van der Waals surface area contributed by atoms with Gasteiger partial charge < -0.3 is 5.32 Å². The van der Waals surface area contributed by atoms with Crippen molar-refractivity contribution in [1.82, 2.24) is 10.2 Å². The van der Waals surface area contributed by atoms with Crippen LogP contribution in [-0.2, 0) is 9.59 Å². The Morgan fingerprint density at radius 3 is 2.37 bits per heavy atom. The fraction of sp³-hybridized carbons (Fsp3) is 0.867. The smallest absolute Gasteiger partial charge is 0.233 e. The second-order valence-corrected chi connectivity index (χ2v) is 6.76. The summed E-state index contributed by atoms with van der Waals surface area (Å²) in [5, 5.41) is 3.47. The zero-order valence-corrected chi connectivity index (χ0v) is 11.9. The Bertz CT molecular complexity index is 372. The Hall–Kier alpha value is -0.900. The van der Waals surface area contributed by atoms with Crippen molar-refractivity contribution in [2.45, 2.75) is 45.6 Å². The van der Waals surface area contributed by atoms with Gasteiger partial charge in [0.05, 0.1) is 11.8 Å². The minimum Gasteiger partial charge on any atom is -0.312 e. The van der Waals surface area contributed by atoms with E-state index in [1.165, 1.54) is 12.8 Å². The summed E-state index contributed by atoms with van der Waals surface area (Å²) < 4.78 is 0. The van der Waals surface area contributed by atoms with E-state index < -0.39 is 0 Å². The monoisotopic (exact) mass is 264 g/mol. The minimum absolute atomic E-state index is 0.0126. The highest BCUT2D eigenvalue weighted by Crippen LogP contribution is 2.43. The fourth-order valence-corrected chi connectivity index (χ4v) is 4.08. The van der Waals surface area contributed by atoms with E-state index in [2.05, 4.69) is 19.2 Å². The minimum atomic E-state index is -0.0126. The molecule has 0 bridgehead atoms. The van der Waals surface area contributed by atoms with Crippen LogP contribution in [0.25, 0.3) is 0 Å². The van der Waals surface area contributed by atoms with Gasteiger partial charge in [0.1, 0.15) is 0 Å². The molecule has 3 rings (SSSR count). The van der Waals surface area contributed by atoms with E-state index in [0.717, 1.165) is 19.4 Å². The summed E-state index contributed by atoms with van der Waals surface area (Å²) in [5.41, 5.74) is 0. The molecule has 106 valence electrons. The van der Waals surface area contributed by atoms with Gasteiger partial charge in [-0.15, -0.1) is 0 Å². The van der Waals surface area contributed by atoms with E-state index in [-0.39, 0.29) is 29.7 Å². The largest absolute Gasteiger partial charge is 0.312 e. The molecule has 2 saturated heterocycles. The molecule has 3 fully saturated rings. The molecule has 0 aromatic rings. The first-order chi connectivity index (χ1) is 9.08. The van der Waals surface area contributed by atoms with E-state index in [0.29, 0.717) is 18.4 Å². The maximum absolute atomic E-state index is 12.4. The Morgan fingerprint density at radius 2 is 1.79 bits per heavy atom.